The largest absolute Gasteiger partial charge is 0.0807 e. The second-order valence-corrected chi connectivity index (χ2v) is 3.62. The van der Waals surface area contributed by atoms with Crippen molar-refractivity contribution in [3.63, 3.8) is 0 Å². The van der Waals surface area contributed by atoms with E-state index in [0.29, 0.717) is 0 Å². The van der Waals surface area contributed by atoms with Crippen molar-refractivity contribution < 1.29 is 0 Å². The van der Waals surface area contributed by atoms with E-state index in [1.165, 1.54) is 43.2 Å². The highest BCUT2D eigenvalue weighted by Gasteiger charge is 2.03. The van der Waals surface area contributed by atoms with Crippen molar-refractivity contribution >= 4 is 5.57 Å². The van der Waals surface area contributed by atoms with Gasteiger partial charge in [0.25, 0.3) is 0 Å². The van der Waals surface area contributed by atoms with Gasteiger partial charge in [0.05, 0.1) is 0 Å². The van der Waals surface area contributed by atoms with Gasteiger partial charge in [0.2, 0.25) is 0 Å². The number of rotatable bonds is 1. The average Bonchev–Trinajstić information content (AvgIpc) is 2.47. The van der Waals surface area contributed by atoms with Crippen molar-refractivity contribution in [3.05, 3.63) is 42.0 Å². The topological polar surface area (TPSA) is 0 Å². The molecule has 0 aliphatic heterocycles. The molecule has 0 N–H and O–H groups in total. The third kappa shape index (κ3) is 2.21. The van der Waals surface area contributed by atoms with Crippen molar-refractivity contribution in [1.82, 2.24) is 0 Å². The van der Waals surface area contributed by atoms with E-state index in [0.717, 1.165) is 0 Å². The van der Waals surface area contributed by atoms with Gasteiger partial charge < -0.3 is 0 Å². The lowest BCUT2D eigenvalue weighted by atomic mass is 10.0. The Morgan fingerprint density at radius 1 is 1.00 bits per heavy atom. The van der Waals surface area contributed by atoms with Crippen LogP contribution in [0.4, 0.5) is 0 Å². The van der Waals surface area contributed by atoms with Crippen molar-refractivity contribution in [2.75, 3.05) is 0 Å². The molecule has 1 aliphatic rings. The Morgan fingerprint density at radius 3 is 2.69 bits per heavy atom. The molecule has 0 nitrogen and oxygen atoms in total. The lowest BCUT2D eigenvalue weighted by molar-refractivity contribution is 0.720. The summed E-state index contributed by atoms with van der Waals surface area (Å²) in [5.74, 6) is 0. The van der Waals surface area contributed by atoms with Crippen LogP contribution in [0.1, 0.15) is 37.7 Å². The highest BCUT2D eigenvalue weighted by Crippen LogP contribution is 2.25. The second kappa shape index (κ2) is 4.27. The van der Waals surface area contributed by atoms with Gasteiger partial charge in [-0.3, -0.25) is 0 Å². The summed E-state index contributed by atoms with van der Waals surface area (Å²) in [6.45, 7) is 0. The molecule has 0 unspecified atom stereocenters. The smallest absolute Gasteiger partial charge is 0.0184 e. The minimum atomic E-state index is 1.25. The standard InChI is InChI=1S/C13H15/c1-2-5-9-12(8-4-1)13-10-6-3-7-11-13/h6-8,10-11H,1-2,4-5,9H2. The molecule has 1 radical (unpaired) electrons. The summed E-state index contributed by atoms with van der Waals surface area (Å²) < 4.78 is 0. The predicted molar refractivity (Wildman–Crippen MR) is 56.3 cm³/mol. The van der Waals surface area contributed by atoms with Crippen molar-refractivity contribution in [2.45, 2.75) is 32.1 Å². The molecule has 0 amide bonds. The predicted octanol–water partition coefficient (Wildman–Crippen LogP) is 3.83. The van der Waals surface area contributed by atoms with Crippen LogP contribution in [-0.2, 0) is 0 Å². The first-order valence-corrected chi connectivity index (χ1v) is 5.12. The van der Waals surface area contributed by atoms with Crippen LogP contribution in [0.25, 0.3) is 5.57 Å². The van der Waals surface area contributed by atoms with Crippen LogP contribution in [0.5, 0.6) is 0 Å². The van der Waals surface area contributed by atoms with Crippen LogP contribution in [-0.4, -0.2) is 0 Å². The van der Waals surface area contributed by atoms with Gasteiger partial charge in [-0.25, -0.2) is 0 Å². The Balaban J connectivity index is 2.19. The quantitative estimate of drug-likeness (QED) is 0.602. The molecule has 2 rings (SSSR count). The molecular formula is C13H15. The first-order valence-electron chi connectivity index (χ1n) is 5.12. The van der Waals surface area contributed by atoms with E-state index in [4.69, 9.17) is 0 Å². The van der Waals surface area contributed by atoms with E-state index in [9.17, 15) is 0 Å². The van der Waals surface area contributed by atoms with Crippen molar-refractivity contribution in [3.8, 4) is 0 Å². The maximum absolute atomic E-state index is 3.06. The SMILES string of the molecule is [c]1ccc(C2=CCCCCC2)cc1. The number of hydrogen-bond acceptors (Lipinski definition) is 0. The lowest BCUT2D eigenvalue weighted by Crippen LogP contribution is -1.82. The molecule has 0 aromatic heterocycles. The minimum Gasteiger partial charge on any atom is -0.0807 e. The van der Waals surface area contributed by atoms with Gasteiger partial charge in [-0.15, -0.1) is 0 Å². The van der Waals surface area contributed by atoms with Crippen LogP contribution >= 0.6 is 0 Å². The molecular weight excluding hydrogens is 156 g/mol. The fourth-order valence-electron chi connectivity index (χ4n) is 1.88. The molecule has 1 aromatic rings. The van der Waals surface area contributed by atoms with E-state index >= 15 is 0 Å². The Morgan fingerprint density at radius 2 is 1.85 bits per heavy atom. The van der Waals surface area contributed by atoms with E-state index < -0.39 is 0 Å². The molecule has 0 saturated carbocycles. The third-order valence-electron chi connectivity index (χ3n) is 2.63. The Bertz CT molecular complexity index is 282. The maximum Gasteiger partial charge on any atom is -0.0184 e. The number of hydrogen-bond donors (Lipinski definition) is 0. The molecule has 0 heterocycles. The number of benzene rings is 1. The molecule has 67 valence electrons. The molecule has 0 fully saturated rings. The molecule has 0 saturated heterocycles. The third-order valence-corrected chi connectivity index (χ3v) is 2.63. The Hall–Kier alpha value is -1.04. The zero-order valence-electron chi connectivity index (χ0n) is 7.92. The van der Waals surface area contributed by atoms with Gasteiger partial charge in [-0.2, -0.15) is 0 Å². The zero-order valence-corrected chi connectivity index (χ0v) is 7.92. The van der Waals surface area contributed by atoms with E-state index in [1.807, 2.05) is 12.1 Å². The monoisotopic (exact) mass is 171 g/mol. The summed E-state index contributed by atoms with van der Waals surface area (Å²) >= 11 is 0. The minimum absolute atomic E-state index is 1.25. The molecule has 0 bridgehead atoms. The Kier molecular flexibility index (Phi) is 2.81. The van der Waals surface area contributed by atoms with E-state index in [-0.39, 0.29) is 0 Å². The number of allylic oxidation sites excluding steroid dienone is 2. The summed E-state index contributed by atoms with van der Waals surface area (Å²) in [7, 11) is 0. The average molecular weight is 171 g/mol. The fraction of sp³-hybridized carbons (Fsp3) is 0.385. The summed E-state index contributed by atoms with van der Waals surface area (Å²) in [6, 6.07) is 11.4. The van der Waals surface area contributed by atoms with Crippen molar-refractivity contribution in [2.24, 2.45) is 0 Å². The maximum atomic E-state index is 3.06. The highest BCUT2D eigenvalue weighted by molar-refractivity contribution is 5.65. The molecule has 1 aromatic carbocycles. The first kappa shape index (κ1) is 8.55. The van der Waals surface area contributed by atoms with Crippen LogP contribution < -0.4 is 0 Å². The molecule has 0 spiro atoms. The zero-order chi connectivity index (χ0) is 8.93. The van der Waals surface area contributed by atoms with E-state index in [1.54, 1.807) is 0 Å². The van der Waals surface area contributed by atoms with Crippen LogP contribution in [0.2, 0.25) is 0 Å². The van der Waals surface area contributed by atoms with Crippen LogP contribution in [0, 0.1) is 6.07 Å². The molecule has 13 heavy (non-hydrogen) atoms. The normalized spacial score (nSPS) is 17.7. The van der Waals surface area contributed by atoms with E-state index in [2.05, 4.69) is 24.3 Å². The molecule has 0 atom stereocenters. The molecule has 0 heteroatoms. The lowest BCUT2D eigenvalue weighted by Gasteiger charge is -2.04. The van der Waals surface area contributed by atoms with Gasteiger partial charge in [0, 0.05) is 0 Å². The fourth-order valence-corrected chi connectivity index (χ4v) is 1.88. The highest BCUT2D eigenvalue weighted by atomic mass is 14.1. The summed E-state index contributed by atoms with van der Waals surface area (Å²) in [5, 5.41) is 0. The Labute approximate surface area is 80.3 Å². The van der Waals surface area contributed by atoms with Gasteiger partial charge in [0.1, 0.15) is 0 Å². The van der Waals surface area contributed by atoms with Gasteiger partial charge in [0.15, 0.2) is 0 Å². The second-order valence-electron chi connectivity index (χ2n) is 3.62. The van der Waals surface area contributed by atoms with Crippen LogP contribution in [0.15, 0.2) is 30.3 Å². The summed E-state index contributed by atoms with van der Waals surface area (Å²) in [6.07, 6.45) is 9.02. The van der Waals surface area contributed by atoms with Crippen molar-refractivity contribution in [1.29, 1.82) is 0 Å². The summed E-state index contributed by atoms with van der Waals surface area (Å²) in [4.78, 5) is 0. The van der Waals surface area contributed by atoms with Crippen LogP contribution in [0.3, 0.4) is 0 Å². The van der Waals surface area contributed by atoms with Gasteiger partial charge in [-0.05, 0) is 42.9 Å². The first-order chi connectivity index (χ1) is 6.47. The van der Waals surface area contributed by atoms with Gasteiger partial charge >= 0.3 is 0 Å². The molecule has 1 aliphatic carbocycles. The summed E-state index contributed by atoms with van der Waals surface area (Å²) in [5.41, 5.74) is 2.92. The van der Waals surface area contributed by atoms with Gasteiger partial charge in [-0.1, -0.05) is 36.8 Å².